The summed E-state index contributed by atoms with van der Waals surface area (Å²) in [5.74, 6) is -0.604. The Hall–Kier alpha value is -2.23. The zero-order valence-electron chi connectivity index (χ0n) is 12.1. The first-order valence-corrected chi connectivity index (χ1v) is 7.40. The van der Waals surface area contributed by atoms with Gasteiger partial charge in [-0.25, -0.2) is 8.78 Å². The van der Waals surface area contributed by atoms with Gasteiger partial charge in [-0.05, 0) is 48.2 Å². The molecule has 0 bridgehead atoms. The lowest BCUT2D eigenvalue weighted by molar-refractivity contribution is -0.131. The maximum absolute atomic E-state index is 13.3. The topological polar surface area (TPSA) is 20.3 Å². The van der Waals surface area contributed by atoms with Crippen molar-refractivity contribution in [1.29, 1.82) is 0 Å². The molecule has 2 aromatic rings. The molecule has 0 atom stereocenters. The van der Waals surface area contributed by atoms with Crippen molar-refractivity contribution in [3.05, 3.63) is 71.3 Å². The molecule has 1 saturated carbocycles. The normalized spacial score (nSPS) is 13.9. The van der Waals surface area contributed by atoms with Crippen LogP contribution in [0.2, 0.25) is 0 Å². The van der Waals surface area contributed by atoms with Crippen LogP contribution < -0.4 is 0 Å². The van der Waals surface area contributed by atoms with Gasteiger partial charge < -0.3 is 4.90 Å². The number of rotatable bonds is 5. The lowest BCUT2D eigenvalue weighted by atomic mass is 10.1. The Kier molecular flexibility index (Phi) is 4.18. The molecule has 0 radical (unpaired) electrons. The number of hydrogen-bond acceptors (Lipinski definition) is 1. The number of hydrogen-bond donors (Lipinski definition) is 0. The van der Waals surface area contributed by atoms with Crippen LogP contribution in [0.1, 0.15) is 24.0 Å². The summed E-state index contributed by atoms with van der Waals surface area (Å²) in [5, 5.41) is 0. The van der Waals surface area contributed by atoms with Crippen molar-refractivity contribution in [2.45, 2.75) is 31.8 Å². The minimum absolute atomic E-state index is 0.00151. The van der Waals surface area contributed by atoms with Crippen LogP contribution in [0.5, 0.6) is 0 Å². The van der Waals surface area contributed by atoms with Crippen molar-refractivity contribution in [1.82, 2.24) is 4.90 Å². The van der Waals surface area contributed by atoms with Gasteiger partial charge in [0, 0.05) is 12.6 Å². The molecule has 0 spiro atoms. The van der Waals surface area contributed by atoms with Crippen LogP contribution in [-0.2, 0) is 17.8 Å². The third kappa shape index (κ3) is 3.70. The summed E-state index contributed by atoms with van der Waals surface area (Å²) < 4.78 is 26.2. The average molecular weight is 301 g/mol. The summed E-state index contributed by atoms with van der Waals surface area (Å²) in [5.41, 5.74) is 1.58. The summed E-state index contributed by atoms with van der Waals surface area (Å²) in [6.45, 7) is 0.419. The van der Waals surface area contributed by atoms with Gasteiger partial charge in [0.15, 0.2) is 0 Å². The van der Waals surface area contributed by atoms with Crippen molar-refractivity contribution >= 4 is 5.91 Å². The summed E-state index contributed by atoms with van der Waals surface area (Å²) >= 11 is 0. The Bertz CT molecular complexity index is 665. The Balaban J connectivity index is 1.70. The first kappa shape index (κ1) is 14.7. The second kappa shape index (κ2) is 6.26. The lowest BCUT2D eigenvalue weighted by Gasteiger charge is -2.23. The predicted octanol–water partition coefficient (Wildman–Crippen LogP) is 3.70. The molecule has 4 heteroatoms. The molecule has 0 aliphatic heterocycles. The van der Waals surface area contributed by atoms with Crippen molar-refractivity contribution in [3.63, 3.8) is 0 Å². The smallest absolute Gasteiger partial charge is 0.227 e. The highest BCUT2D eigenvalue weighted by Crippen LogP contribution is 2.29. The minimum Gasteiger partial charge on any atom is -0.335 e. The second-order valence-corrected chi connectivity index (χ2v) is 5.69. The van der Waals surface area contributed by atoms with Gasteiger partial charge in [0.05, 0.1) is 6.42 Å². The van der Waals surface area contributed by atoms with E-state index in [4.69, 9.17) is 0 Å². The van der Waals surface area contributed by atoms with E-state index >= 15 is 0 Å². The molecule has 1 aliphatic carbocycles. The first-order valence-electron chi connectivity index (χ1n) is 7.40. The molecule has 1 aliphatic rings. The van der Waals surface area contributed by atoms with E-state index in [9.17, 15) is 13.6 Å². The number of carbonyl (C=O) groups excluding carboxylic acids is 1. The average Bonchev–Trinajstić information content (AvgIpc) is 3.32. The summed E-state index contributed by atoms with van der Waals surface area (Å²) in [4.78, 5) is 14.3. The van der Waals surface area contributed by atoms with Crippen molar-refractivity contribution in [2.24, 2.45) is 0 Å². The van der Waals surface area contributed by atoms with Crippen molar-refractivity contribution in [2.75, 3.05) is 0 Å². The molecule has 114 valence electrons. The van der Waals surface area contributed by atoms with Gasteiger partial charge in [-0.15, -0.1) is 0 Å². The van der Waals surface area contributed by atoms with Crippen LogP contribution in [0.4, 0.5) is 8.78 Å². The molecular weight excluding hydrogens is 284 g/mol. The van der Waals surface area contributed by atoms with Gasteiger partial charge in [0.2, 0.25) is 5.91 Å². The molecular formula is C18H17F2NO. The zero-order chi connectivity index (χ0) is 15.5. The molecule has 0 unspecified atom stereocenters. The number of amides is 1. The SMILES string of the molecule is O=C(Cc1ccc(F)cc1)N(Cc1cccc(F)c1)C1CC1. The first-order chi connectivity index (χ1) is 10.6. The van der Waals surface area contributed by atoms with E-state index in [1.165, 1.54) is 24.3 Å². The molecule has 1 fully saturated rings. The molecule has 22 heavy (non-hydrogen) atoms. The van der Waals surface area contributed by atoms with Crippen molar-refractivity contribution < 1.29 is 13.6 Å². The van der Waals surface area contributed by atoms with E-state index in [0.29, 0.717) is 6.54 Å². The Labute approximate surface area is 128 Å². The highest BCUT2D eigenvalue weighted by Gasteiger charge is 2.32. The lowest BCUT2D eigenvalue weighted by Crippen LogP contribution is -2.33. The molecule has 2 aromatic carbocycles. The Morgan fingerprint density at radius 1 is 1.00 bits per heavy atom. The predicted molar refractivity (Wildman–Crippen MR) is 80.1 cm³/mol. The van der Waals surface area contributed by atoms with Crippen LogP contribution in [0.25, 0.3) is 0 Å². The summed E-state index contributed by atoms with van der Waals surface area (Å²) in [6, 6.07) is 12.5. The molecule has 0 N–H and O–H groups in total. The Morgan fingerprint density at radius 3 is 2.36 bits per heavy atom. The molecule has 2 nitrogen and oxygen atoms in total. The van der Waals surface area contributed by atoms with E-state index in [1.54, 1.807) is 23.1 Å². The minimum atomic E-state index is -0.310. The molecule has 0 aromatic heterocycles. The maximum Gasteiger partial charge on any atom is 0.227 e. The third-order valence-corrected chi connectivity index (χ3v) is 3.82. The molecule has 0 saturated heterocycles. The van der Waals surface area contributed by atoms with E-state index in [0.717, 1.165) is 24.0 Å². The fourth-order valence-electron chi connectivity index (χ4n) is 2.52. The highest BCUT2D eigenvalue weighted by atomic mass is 19.1. The fourth-order valence-corrected chi connectivity index (χ4v) is 2.52. The van der Waals surface area contributed by atoms with E-state index in [1.807, 2.05) is 6.07 Å². The zero-order valence-corrected chi connectivity index (χ0v) is 12.1. The summed E-state index contributed by atoms with van der Waals surface area (Å²) in [6.07, 6.45) is 2.22. The van der Waals surface area contributed by atoms with Crippen molar-refractivity contribution in [3.8, 4) is 0 Å². The van der Waals surface area contributed by atoms with Gasteiger partial charge in [0.25, 0.3) is 0 Å². The third-order valence-electron chi connectivity index (χ3n) is 3.82. The van der Waals surface area contributed by atoms with E-state index in [2.05, 4.69) is 0 Å². The number of carbonyl (C=O) groups is 1. The largest absolute Gasteiger partial charge is 0.335 e. The monoisotopic (exact) mass is 301 g/mol. The Morgan fingerprint density at radius 2 is 1.73 bits per heavy atom. The number of halogens is 2. The second-order valence-electron chi connectivity index (χ2n) is 5.69. The standard InChI is InChI=1S/C18H17F2NO/c19-15-6-4-13(5-7-15)11-18(22)21(17-8-9-17)12-14-2-1-3-16(20)10-14/h1-7,10,17H,8-9,11-12H2. The van der Waals surface area contributed by atoms with Gasteiger partial charge in [-0.2, -0.15) is 0 Å². The van der Waals surface area contributed by atoms with Crippen LogP contribution in [-0.4, -0.2) is 16.8 Å². The van der Waals surface area contributed by atoms with Crippen LogP contribution in [0, 0.1) is 11.6 Å². The van der Waals surface area contributed by atoms with Gasteiger partial charge in [-0.3, -0.25) is 4.79 Å². The molecule has 1 amide bonds. The number of nitrogens with zero attached hydrogens (tertiary/aromatic N) is 1. The quantitative estimate of drug-likeness (QED) is 0.824. The highest BCUT2D eigenvalue weighted by molar-refractivity contribution is 5.79. The fraction of sp³-hybridized carbons (Fsp3) is 0.278. The van der Waals surface area contributed by atoms with Crippen LogP contribution in [0.3, 0.4) is 0 Å². The van der Waals surface area contributed by atoms with E-state index < -0.39 is 0 Å². The van der Waals surface area contributed by atoms with Gasteiger partial charge in [-0.1, -0.05) is 24.3 Å². The maximum atomic E-state index is 13.3. The molecule has 3 rings (SSSR count). The van der Waals surface area contributed by atoms with Crippen LogP contribution >= 0.6 is 0 Å². The number of benzene rings is 2. The summed E-state index contributed by atoms with van der Waals surface area (Å²) in [7, 11) is 0. The van der Waals surface area contributed by atoms with E-state index in [-0.39, 0.29) is 30.0 Å². The van der Waals surface area contributed by atoms with Gasteiger partial charge >= 0.3 is 0 Å². The van der Waals surface area contributed by atoms with Gasteiger partial charge in [0.1, 0.15) is 11.6 Å². The van der Waals surface area contributed by atoms with Crippen LogP contribution in [0.15, 0.2) is 48.5 Å². The molecule has 0 heterocycles.